The number of rotatable bonds is 7. The van der Waals surface area contributed by atoms with Gasteiger partial charge in [0, 0.05) is 35.8 Å². The summed E-state index contributed by atoms with van der Waals surface area (Å²) in [5, 5.41) is 5.49. The Bertz CT molecular complexity index is 1710. The average molecular weight is 560 g/mol. The van der Waals surface area contributed by atoms with Crippen LogP contribution in [0.5, 0.6) is 11.5 Å². The molecule has 0 aliphatic rings. The number of sulfonamides is 1. The van der Waals surface area contributed by atoms with Gasteiger partial charge in [0.05, 0.1) is 28.1 Å². The molecule has 13 heteroatoms. The Labute approximate surface area is 219 Å². The van der Waals surface area contributed by atoms with E-state index in [0.29, 0.717) is 22.5 Å². The van der Waals surface area contributed by atoms with Crippen molar-refractivity contribution >= 4 is 38.8 Å². The second-order valence-electron chi connectivity index (χ2n) is 7.71. The van der Waals surface area contributed by atoms with Crippen LogP contribution in [0.4, 0.5) is 14.6 Å². The fourth-order valence-electron chi connectivity index (χ4n) is 3.54. The molecule has 0 fully saturated rings. The summed E-state index contributed by atoms with van der Waals surface area (Å²) in [5.41, 5.74) is 3.60. The van der Waals surface area contributed by atoms with E-state index in [2.05, 4.69) is 19.8 Å². The van der Waals surface area contributed by atoms with Crippen molar-refractivity contribution in [1.82, 2.24) is 19.7 Å². The first-order valence-electron chi connectivity index (χ1n) is 10.5. The molecule has 0 radical (unpaired) electrons. The van der Waals surface area contributed by atoms with Gasteiger partial charge in [-0.05, 0) is 30.3 Å². The van der Waals surface area contributed by atoms with Gasteiger partial charge in [0.15, 0.2) is 11.6 Å². The van der Waals surface area contributed by atoms with Gasteiger partial charge < -0.3 is 4.74 Å². The minimum atomic E-state index is -4.29. The zero-order chi connectivity index (χ0) is 26.2. The number of hydrogen-bond acceptors (Lipinski definition) is 7. The Morgan fingerprint density at radius 1 is 1.08 bits per heavy atom. The maximum absolute atomic E-state index is 15.0. The number of aryl methyl sites for hydroxylation is 1. The van der Waals surface area contributed by atoms with Gasteiger partial charge in [-0.25, -0.2) is 22.2 Å². The standard InChI is InChI=1S/C24H16ClF2N5O3S2/c1-32-20(5-6-30-32)16-8-19(14-3-2-4-15(26)7-14)28-11-22(16)35-21-10-18(27)23(9-17(21)25)37(33,34)31-24-12-36-13-29-24/h2-13,31H,1H3. The summed E-state index contributed by atoms with van der Waals surface area (Å²) in [6, 6.07) is 11.2. The lowest BCUT2D eigenvalue weighted by atomic mass is 10.1. The summed E-state index contributed by atoms with van der Waals surface area (Å²) in [5.74, 6) is -1.36. The number of nitrogens with one attached hydrogen (secondary N) is 1. The van der Waals surface area contributed by atoms with Crippen molar-refractivity contribution in [1.29, 1.82) is 0 Å². The summed E-state index contributed by atoms with van der Waals surface area (Å²) in [4.78, 5) is 7.54. The van der Waals surface area contributed by atoms with Gasteiger partial charge in [-0.2, -0.15) is 5.10 Å². The molecule has 0 saturated heterocycles. The lowest BCUT2D eigenvalue weighted by Crippen LogP contribution is -2.15. The van der Waals surface area contributed by atoms with E-state index in [4.69, 9.17) is 16.3 Å². The summed E-state index contributed by atoms with van der Waals surface area (Å²) in [7, 11) is -2.57. The summed E-state index contributed by atoms with van der Waals surface area (Å²) < 4.78 is 63.8. The van der Waals surface area contributed by atoms with E-state index in [1.807, 2.05) is 0 Å². The van der Waals surface area contributed by atoms with Crippen molar-refractivity contribution in [3.8, 4) is 34.0 Å². The maximum atomic E-state index is 15.0. The quantitative estimate of drug-likeness (QED) is 0.257. The predicted molar refractivity (Wildman–Crippen MR) is 136 cm³/mol. The van der Waals surface area contributed by atoms with Crippen LogP contribution in [0, 0.1) is 11.6 Å². The highest BCUT2D eigenvalue weighted by molar-refractivity contribution is 7.92. The second-order valence-corrected chi connectivity index (χ2v) is 10.5. The zero-order valence-corrected chi connectivity index (χ0v) is 21.3. The number of ether oxygens (including phenoxy) is 1. The summed E-state index contributed by atoms with van der Waals surface area (Å²) in [6.07, 6.45) is 2.98. The van der Waals surface area contributed by atoms with Crippen molar-refractivity contribution in [2.75, 3.05) is 4.72 Å². The third kappa shape index (κ3) is 5.17. The zero-order valence-electron chi connectivity index (χ0n) is 18.9. The van der Waals surface area contributed by atoms with E-state index in [9.17, 15) is 17.2 Å². The van der Waals surface area contributed by atoms with Crippen LogP contribution in [0.1, 0.15) is 0 Å². The minimum Gasteiger partial charge on any atom is -0.453 e. The van der Waals surface area contributed by atoms with Gasteiger partial charge in [-0.3, -0.25) is 14.4 Å². The van der Waals surface area contributed by atoms with Crippen LogP contribution < -0.4 is 9.46 Å². The Balaban J connectivity index is 1.53. The molecule has 0 atom stereocenters. The molecule has 5 aromatic rings. The third-order valence-electron chi connectivity index (χ3n) is 5.25. The Morgan fingerprint density at radius 2 is 1.92 bits per heavy atom. The Kier molecular flexibility index (Phi) is 6.63. The monoisotopic (exact) mass is 559 g/mol. The smallest absolute Gasteiger partial charge is 0.266 e. The molecule has 0 spiro atoms. The van der Waals surface area contributed by atoms with E-state index in [1.165, 1.54) is 40.6 Å². The fourth-order valence-corrected chi connectivity index (χ4v) is 5.45. The molecule has 1 N–H and O–H groups in total. The molecule has 0 amide bonds. The normalized spacial score (nSPS) is 11.5. The van der Waals surface area contributed by atoms with Gasteiger partial charge in [-0.15, -0.1) is 11.3 Å². The van der Waals surface area contributed by atoms with Crippen molar-refractivity contribution in [2.24, 2.45) is 7.05 Å². The first-order valence-corrected chi connectivity index (χ1v) is 13.3. The molecule has 188 valence electrons. The number of hydrogen-bond donors (Lipinski definition) is 1. The largest absolute Gasteiger partial charge is 0.453 e. The van der Waals surface area contributed by atoms with Gasteiger partial charge in [-0.1, -0.05) is 23.7 Å². The van der Waals surface area contributed by atoms with Crippen molar-refractivity contribution in [3.05, 3.63) is 88.5 Å². The molecule has 2 aromatic carbocycles. The van der Waals surface area contributed by atoms with E-state index in [1.54, 1.807) is 42.2 Å². The molecule has 3 aromatic heterocycles. The van der Waals surface area contributed by atoms with Crippen LogP contribution in [0.15, 0.2) is 76.7 Å². The topological polar surface area (TPSA) is 99.0 Å². The average Bonchev–Trinajstić information content (AvgIpc) is 3.52. The van der Waals surface area contributed by atoms with Crippen LogP contribution in [-0.2, 0) is 17.1 Å². The van der Waals surface area contributed by atoms with Crippen LogP contribution in [-0.4, -0.2) is 28.2 Å². The summed E-state index contributed by atoms with van der Waals surface area (Å²) in [6.45, 7) is 0. The lowest BCUT2D eigenvalue weighted by Gasteiger charge is -2.15. The lowest BCUT2D eigenvalue weighted by molar-refractivity contribution is 0.473. The number of anilines is 1. The predicted octanol–water partition coefficient (Wildman–Crippen LogP) is 6.13. The highest BCUT2D eigenvalue weighted by atomic mass is 35.5. The first kappa shape index (κ1) is 24.8. The van der Waals surface area contributed by atoms with Gasteiger partial charge in [0.25, 0.3) is 10.0 Å². The van der Waals surface area contributed by atoms with E-state index in [0.717, 1.165) is 12.1 Å². The number of nitrogens with zero attached hydrogens (tertiary/aromatic N) is 4. The van der Waals surface area contributed by atoms with Gasteiger partial charge in [0.2, 0.25) is 0 Å². The molecule has 37 heavy (non-hydrogen) atoms. The van der Waals surface area contributed by atoms with Crippen molar-refractivity contribution < 1.29 is 21.9 Å². The van der Waals surface area contributed by atoms with Gasteiger partial charge >= 0.3 is 0 Å². The number of benzene rings is 2. The minimum absolute atomic E-state index is 0.0612. The van der Waals surface area contributed by atoms with Crippen molar-refractivity contribution in [3.63, 3.8) is 0 Å². The molecular weight excluding hydrogens is 544 g/mol. The molecule has 0 aliphatic heterocycles. The summed E-state index contributed by atoms with van der Waals surface area (Å²) >= 11 is 7.49. The third-order valence-corrected chi connectivity index (χ3v) is 7.50. The van der Waals surface area contributed by atoms with E-state index in [-0.39, 0.29) is 22.3 Å². The van der Waals surface area contributed by atoms with Crippen LogP contribution >= 0.6 is 22.9 Å². The molecule has 8 nitrogen and oxygen atoms in total. The highest BCUT2D eigenvalue weighted by Crippen LogP contribution is 2.39. The van der Waals surface area contributed by atoms with Crippen molar-refractivity contribution in [2.45, 2.75) is 4.90 Å². The maximum Gasteiger partial charge on any atom is 0.266 e. The number of thiazole rings is 1. The van der Waals surface area contributed by atoms with Crippen LogP contribution in [0.25, 0.3) is 22.5 Å². The van der Waals surface area contributed by atoms with Crippen LogP contribution in [0.3, 0.4) is 0 Å². The molecule has 3 heterocycles. The van der Waals surface area contributed by atoms with Gasteiger partial charge in [0.1, 0.15) is 22.3 Å². The highest BCUT2D eigenvalue weighted by Gasteiger charge is 2.24. The molecule has 5 rings (SSSR count). The van der Waals surface area contributed by atoms with Crippen LogP contribution in [0.2, 0.25) is 5.02 Å². The Hall–Kier alpha value is -3.87. The molecule has 0 saturated carbocycles. The number of pyridine rings is 1. The Morgan fingerprint density at radius 3 is 2.62 bits per heavy atom. The first-order chi connectivity index (χ1) is 17.7. The molecular formula is C24H16ClF2N5O3S2. The molecule has 0 unspecified atom stereocenters. The second kappa shape index (κ2) is 9.88. The number of halogens is 3. The fraction of sp³-hybridized carbons (Fsp3) is 0.0417. The number of aromatic nitrogens is 4. The molecule has 0 aliphatic carbocycles. The molecule has 0 bridgehead atoms. The SMILES string of the molecule is Cn1nccc1-c1cc(-c2cccc(F)c2)ncc1Oc1cc(F)c(S(=O)(=O)Nc2cscn2)cc1Cl. The van der Waals surface area contributed by atoms with E-state index < -0.39 is 26.6 Å². The van der Waals surface area contributed by atoms with E-state index >= 15 is 0 Å².